The maximum Gasteiger partial charge on any atom is 0.121 e. The number of halogens is 2. The van der Waals surface area contributed by atoms with Gasteiger partial charge in [-0.2, -0.15) is 0 Å². The maximum atomic E-state index is 11.7. The van der Waals surface area contributed by atoms with Gasteiger partial charge in [-0.25, -0.2) is 0 Å². The Morgan fingerprint density at radius 2 is 1.84 bits per heavy atom. The highest BCUT2D eigenvalue weighted by Gasteiger charge is 2.34. The monoisotopic (exact) mass is 627 g/mol. The molecule has 0 radical (unpaired) electrons. The van der Waals surface area contributed by atoms with E-state index in [2.05, 4.69) is 41.8 Å². The van der Waals surface area contributed by atoms with Crippen LogP contribution in [0.4, 0.5) is 5.69 Å². The van der Waals surface area contributed by atoms with Crippen LogP contribution in [-0.2, 0) is 12.0 Å². The van der Waals surface area contributed by atoms with Gasteiger partial charge in [-0.3, -0.25) is 9.88 Å². The summed E-state index contributed by atoms with van der Waals surface area (Å²) in [5.41, 5.74) is 2.71. The van der Waals surface area contributed by atoms with Crippen LogP contribution in [0.5, 0.6) is 5.75 Å². The van der Waals surface area contributed by atoms with Crippen LogP contribution in [0.25, 0.3) is 0 Å². The van der Waals surface area contributed by atoms with Crippen molar-refractivity contribution < 1.29 is 14.9 Å². The van der Waals surface area contributed by atoms with Gasteiger partial charge in [-0.1, -0.05) is 80.9 Å². The summed E-state index contributed by atoms with van der Waals surface area (Å²) in [7, 11) is 0. The zero-order valence-electron chi connectivity index (χ0n) is 25.8. The van der Waals surface area contributed by atoms with Gasteiger partial charge < -0.3 is 19.8 Å². The van der Waals surface area contributed by atoms with E-state index < -0.39 is 5.60 Å². The molecule has 1 aliphatic heterocycles. The Labute approximate surface area is 267 Å². The van der Waals surface area contributed by atoms with E-state index in [1.807, 2.05) is 43.3 Å². The molecule has 43 heavy (non-hydrogen) atoms. The molecule has 4 rings (SSSR count). The molecule has 3 aromatic rings. The van der Waals surface area contributed by atoms with Crippen molar-refractivity contribution in [1.82, 2.24) is 9.88 Å². The molecule has 1 saturated heterocycles. The summed E-state index contributed by atoms with van der Waals surface area (Å²) in [5, 5.41) is 22.1. The van der Waals surface area contributed by atoms with E-state index >= 15 is 0 Å². The van der Waals surface area contributed by atoms with E-state index in [1.54, 1.807) is 6.07 Å². The molecular weight excluding hydrogens is 581 g/mol. The summed E-state index contributed by atoms with van der Waals surface area (Å²) in [5.74, 6) is 1.30. The second kappa shape index (κ2) is 16.1. The summed E-state index contributed by atoms with van der Waals surface area (Å²) >= 11 is 13.0. The van der Waals surface area contributed by atoms with E-state index in [4.69, 9.17) is 38.0 Å². The lowest BCUT2D eigenvalue weighted by atomic mass is 9.95. The molecule has 1 aromatic heterocycles. The highest BCUT2D eigenvalue weighted by atomic mass is 35.5. The number of benzene rings is 2. The standard InChI is InChI=1S/C35H47Cl2N3O3/c1-4-5-6-8-26(2)11-16-29-9-7-10-34(38-29)35(3,42)25-39-19-20-40(33(24-39)27-12-14-28(36)15-13-27)32-18-17-30(23-31(32)37)43-22-21-41/h7,9-10,12-15,17-18,23,26,33,41-42H,4-6,8,11,16,19-22,24-25H2,1-3H3/t26?,33-,35+/m0/s1. The van der Waals surface area contributed by atoms with Gasteiger partial charge in [0.05, 0.1) is 29.1 Å². The molecular formula is C35H47Cl2N3O3. The molecule has 1 unspecified atom stereocenters. The quantitative estimate of drug-likeness (QED) is 0.168. The lowest BCUT2D eigenvalue weighted by molar-refractivity contribution is 0.00662. The van der Waals surface area contributed by atoms with Crippen LogP contribution in [0.15, 0.2) is 60.7 Å². The molecule has 0 bridgehead atoms. The first kappa shape index (κ1) is 33.5. The number of aromatic nitrogens is 1. The molecule has 0 amide bonds. The third-order valence-electron chi connectivity index (χ3n) is 8.39. The van der Waals surface area contributed by atoms with E-state index in [0.29, 0.717) is 34.8 Å². The number of hydrogen-bond donors (Lipinski definition) is 2. The predicted octanol–water partition coefficient (Wildman–Crippen LogP) is 7.68. The van der Waals surface area contributed by atoms with Gasteiger partial charge in [0.2, 0.25) is 0 Å². The maximum absolute atomic E-state index is 11.7. The van der Waals surface area contributed by atoms with Crippen molar-refractivity contribution in [2.24, 2.45) is 5.92 Å². The average molecular weight is 629 g/mol. The number of anilines is 1. The Bertz CT molecular complexity index is 1290. The van der Waals surface area contributed by atoms with Gasteiger partial charge in [0.1, 0.15) is 18.0 Å². The zero-order chi connectivity index (χ0) is 30.8. The molecule has 2 N–H and O–H groups in total. The number of rotatable bonds is 15. The van der Waals surface area contributed by atoms with Gasteiger partial charge in [0.15, 0.2) is 0 Å². The fourth-order valence-electron chi connectivity index (χ4n) is 5.93. The molecule has 3 atom stereocenters. The third-order valence-corrected chi connectivity index (χ3v) is 8.95. The molecule has 0 saturated carbocycles. The molecule has 0 aliphatic carbocycles. The number of β-amino-alcohol motifs (C(OH)–C–C–N with tert-alkyl or cyclic N) is 1. The fraction of sp³-hybridized carbons (Fsp3) is 0.514. The van der Waals surface area contributed by atoms with Crippen molar-refractivity contribution in [3.05, 3.63) is 87.7 Å². The number of pyridine rings is 1. The SMILES string of the molecule is CCCCCC(C)CCc1cccc([C@](C)(O)CN2CCN(c3ccc(OCCO)cc3Cl)[C@H](c3ccc(Cl)cc3)C2)n1. The number of aliphatic hydroxyl groups excluding tert-OH is 1. The topological polar surface area (TPSA) is 69.1 Å². The highest BCUT2D eigenvalue weighted by Crippen LogP contribution is 2.38. The first-order valence-corrected chi connectivity index (χ1v) is 16.4. The highest BCUT2D eigenvalue weighted by molar-refractivity contribution is 6.33. The second-order valence-corrected chi connectivity index (χ2v) is 13.0. The molecule has 2 aromatic carbocycles. The minimum atomic E-state index is -1.10. The Kier molecular flexibility index (Phi) is 12.6. The Hall–Kier alpha value is -2.35. The predicted molar refractivity (Wildman–Crippen MR) is 177 cm³/mol. The first-order valence-electron chi connectivity index (χ1n) is 15.7. The van der Waals surface area contributed by atoms with Crippen LogP contribution in [-0.4, -0.2) is 59.5 Å². The number of hydrogen-bond acceptors (Lipinski definition) is 6. The van der Waals surface area contributed by atoms with Crippen LogP contribution in [0.3, 0.4) is 0 Å². The molecule has 1 fully saturated rings. The van der Waals surface area contributed by atoms with Crippen LogP contribution in [0, 0.1) is 5.92 Å². The van der Waals surface area contributed by atoms with Crippen molar-refractivity contribution in [3.8, 4) is 5.75 Å². The molecule has 0 spiro atoms. The van der Waals surface area contributed by atoms with E-state index in [-0.39, 0.29) is 19.3 Å². The molecule has 2 heterocycles. The lowest BCUT2D eigenvalue weighted by Crippen LogP contribution is -2.52. The van der Waals surface area contributed by atoms with Gasteiger partial charge in [0, 0.05) is 43.0 Å². The zero-order valence-corrected chi connectivity index (χ0v) is 27.3. The molecule has 234 valence electrons. The third kappa shape index (κ3) is 9.57. The summed E-state index contributed by atoms with van der Waals surface area (Å²) < 4.78 is 5.56. The normalized spacial score (nSPS) is 17.9. The van der Waals surface area contributed by atoms with E-state index in [1.165, 1.54) is 25.7 Å². The van der Waals surface area contributed by atoms with Crippen molar-refractivity contribution in [2.45, 2.75) is 70.9 Å². The van der Waals surface area contributed by atoms with Gasteiger partial charge in [-0.15, -0.1) is 0 Å². The smallest absolute Gasteiger partial charge is 0.121 e. The summed E-state index contributed by atoms with van der Waals surface area (Å²) in [6, 6.07) is 19.7. The number of aliphatic hydroxyl groups is 2. The number of piperazine rings is 1. The van der Waals surface area contributed by atoms with Crippen LogP contribution in [0.2, 0.25) is 10.0 Å². The second-order valence-electron chi connectivity index (χ2n) is 12.1. The Balaban J connectivity index is 1.48. The summed E-state index contributed by atoms with van der Waals surface area (Å²) in [6.45, 7) is 9.27. The number of nitrogens with zero attached hydrogens (tertiary/aromatic N) is 3. The van der Waals surface area contributed by atoms with Crippen molar-refractivity contribution in [1.29, 1.82) is 0 Å². The minimum Gasteiger partial charge on any atom is -0.491 e. The largest absolute Gasteiger partial charge is 0.491 e. The van der Waals surface area contributed by atoms with Crippen LogP contribution < -0.4 is 9.64 Å². The summed E-state index contributed by atoms with van der Waals surface area (Å²) in [4.78, 5) is 9.55. The number of ether oxygens (including phenoxy) is 1. The van der Waals surface area contributed by atoms with Crippen LogP contribution in [0.1, 0.15) is 75.9 Å². The number of unbranched alkanes of at least 4 members (excludes halogenated alkanes) is 2. The fourth-order valence-corrected chi connectivity index (χ4v) is 6.34. The molecule has 1 aliphatic rings. The van der Waals surface area contributed by atoms with E-state index in [0.717, 1.165) is 48.6 Å². The lowest BCUT2D eigenvalue weighted by Gasteiger charge is -2.45. The molecule has 8 heteroatoms. The van der Waals surface area contributed by atoms with Gasteiger partial charge >= 0.3 is 0 Å². The van der Waals surface area contributed by atoms with Gasteiger partial charge in [0.25, 0.3) is 0 Å². The van der Waals surface area contributed by atoms with Crippen molar-refractivity contribution in [2.75, 3.05) is 44.3 Å². The first-order chi connectivity index (χ1) is 20.7. The average Bonchev–Trinajstić information content (AvgIpc) is 3.00. The van der Waals surface area contributed by atoms with Crippen molar-refractivity contribution in [3.63, 3.8) is 0 Å². The number of aryl methyl sites for hydroxylation is 1. The van der Waals surface area contributed by atoms with Gasteiger partial charge in [-0.05, 0) is 67.6 Å². The van der Waals surface area contributed by atoms with Crippen molar-refractivity contribution >= 4 is 28.9 Å². The minimum absolute atomic E-state index is 0.00276. The van der Waals surface area contributed by atoms with E-state index in [9.17, 15) is 5.11 Å². The van der Waals surface area contributed by atoms with Crippen LogP contribution >= 0.6 is 23.2 Å². The Morgan fingerprint density at radius 1 is 1.05 bits per heavy atom. The Morgan fingerprint density at radius 3 is 2.56 bits per heavy atom. The summed E-state index contributed by atoms with van der Waals surface area (Å²) in [6.07, 6.45) is 7.15. The molecule has 6 nitrogen and oxygen atoms in total.